The Hall–Kier alpha value is -7.34. The van der Waals surface area contributed by atoms with Crippen molar-refractivity contribution in [3.63, 3.8) is 0 Å². The Kier molecular flexibility index (Phi) is 30.4. The van der Waals surface area contributed by atoms with Crippen LogP contribution in [-0.2, 0) is 69.3 Å². The highest BCUT2D eigenvalue weighted by molar-refractivity contribution is 7.85. The van der Waals surface area contributed by atoms with Crippen LogP contribution in [0.3, 0.4) is 0 Å². The van der Waals surface area contributed by atoms with Gasteiger partial charge in [-0.15, -0.1) is 0 Å². The standard InChI is InChI=1S/C66H110FN13O15S/c1-24-44-62(88)74(17)32-51(81)75(18)46(25-33(2)3)59(85)73-52(37(10)11)65(91)76(19)47(26-34(4)5)58(84)68-40(15)57(83)69-41(16)61(87)77(20)48(27-35(6)7)63(89)78(21)49(28-36(8)9)64(90)79(22)54(38(12)13)66(92)80(23)55(60(86)71-44)56(82)39(14)29-50-70-45-31-42(96(93,94)95)30-43(67)53(45)72-50/h30-31,33-41,44,46-49,52,54-56,82H,24-29,32H2,1-23H3,(H,68,84)(H,69,83)(H,70,72)(H,71,86)(H,73,85)(H,93,94,95)/t39-,40+,41-,44+,46+,47+,48+,49+,52+,54+,55+,56-/m1/s1. The van der Waals surface area contributed by atoms with Crippen molar-refractivity contribution < 1.29 is 75.2 Å². The van der Waals surface area contributed by atoms with Crippen LogP contribution in [0.4, 0.5) is 4.39 Å². The van der Waals surface area contributed by atoms with E-state index in [1.807, 2.05) is 55.4 Å². The fraction of sp³-hybridized carbons (Fsp3) is 0.727. The SMILES string of the molecule is CC[C@@H]1NC(=O)[C@H]([C@H](O)[C@H](C)Cc2nc3c(F)cc(S(=O)(=O)O)cc3[nH]2)N(C)C(=O)[C@H](C(C)C)N(C)C(=O)[C@H](CC(C)C)N(C)C(=O)[C@H](CC(C)C)N(C)C(=O)[C@@H](C)NC(=O)[C@H](C)NC(=O)[C@H](CC(C)C)N(C)C(=O)[C@H](C(C)C)NC(=O)[C@H](CC(C)C)N(C)C(=O)CN(C)C1=O. The highest BCUT2D eigenvalue weighted by Crippen LogP contribution is 2.28. The van der Waals surface area contributed by atoms with Gasteiger partial charge in [0.1, 0.15) is 71.8 Å². The molecule has 12 atom stereocenters. The summed E-state index contributed by atoms with van der Waals surface area (Å²) in [6.45, 7) is 26.5. The zero-order chi connectivity index (χ0) is 73.8. The van der Waals surface area contributed by atoms with Crippen LogP contribution >= 0.6 is 0 Å². The number of aromatic amines is 1. The van der Waals surface area contributed by atoms with E-state index in [1.54, 1.807) is 34.6 Å². The van der Waals surface area contributed by atoms with Gasteiger partial charge in [-0.25, -0.2) is 9.37 Å². The number of imidazole rings is 1. The summed E-state index contributed by atoms with van der Waals surface area (Å²) in [5.74, 6) is -12.7. The van der Waals surface area contributed by atoms with E-state index < -0.39 is 177 Å². The first-order valence-electron chi connectivity index (χ1n) is 33.1. The van der Waals surface area contributed by atoms with Crippen LogP contribution in [-0.4, -0.2) is 250 Å². The van der Waals surface area contributed by atoms with Crippen molar-refractivity contribution in [1.29, 1.82) is 0 Å². The number of carbonyl (C=O) groups excluding carboxylic acids is 11. The fourth-order valence-corrected chi connectivity index (χ4v) is 12.5. The second kappa shape index (κ2) is 35.2. The van der Waals surface area contributed by atoms with Crippen molar-refractivity contribution in [2.75, 3.05) is 55.9 Å². The second-order valence-electron chi connectivity index (χ2n) is 28.5. The van der Waals surface area contributed by atoms with E-state index in [2.05, 4.69) is 31.2 Å². The molecule has 3 rings (SSSR count). The molecule has 0 saturated carbocycles. The molecule has 96 heavy (non-hydrogen) atoms. The van der Waals surface area contributed by atoms with Gasteiger partial charge in [0.25, 0.3) is 10.1 Å². The third kappa shape index (κ3) is 21.3. The molecule has 1 aliphatic heterocycles. The number of H-pyrrole nitrogens is 1. The van der Waals surface area contributed by atoms with Crippen molar-refractivity contribution in [2.24, 2.45) is 41.4 Å². The molecular weight excluding hydrogens is 1270 g/mol. The van der Waals surface area contributed by atoms with Gasteiger partial charge < -0.3 is 65.7 Å². The summed E-state index contributed by atoms with van der Waals surface area (Å²) in [6.07, 6.45) is -1.87. The number of nitrogens with zero attached hydrogens (tertiary/aromatic N) is 8. The molecule has 1 aromatic carbocycles. The summed E-state index contributed by atoms with van der Waals surface area (Å²) in [4.78, 5) is 176. The molecule has 0 spiro atoms. The number of amides is 11. The zero-order valence-electron chi connectivity index (χ0n) is 60.6. The summed E-state index contributed by atoms with van der Waals surface area (Å²) in [6, 6.07) is -11.9. The topological polar surface area (TPSA) is 362 Å². The highest BCUT2D eigenvalue weighted by Gasteiger charge is 2.46. The van der Waals surface area contributed by atoms with Crippen molar-refractivity contribution in [3.05, 3.63) is 23.8 Å². The minimum Gasteiger partial charge on any atom is -0.390 e. The van der Waals surface area contributed by atoms with E-state index in [0.717, 1.165) is 25.7 Å². The van der Waals surface area contributed by atoms with Crippen molar-refractivity contribution in [2.45, 2.75) is 221 Å². The Labute approximate surface area is 566 Å². The van der Waals surface area contributed by atoms with Crippen LogP contribution in [0.5, 0.6) is 0 Å². The molecule has 1 fully saturated rings. The van der Waals surface area contributed by atoms with Gasteiger partial charge in [-0.1, -0.05) is 96.9 Å². The minimum atomic E-state index is -4.86. The molecule has 0 aliphatic carbocycles. The van der Waals surface area contributed by atoms with Crippen LogP contribution in [0.1, 0.15) is 149 Å². The number of halogens is 1. The molecule has 28 nitrogen and oxygen atoms in total. The van der Waals surface area contributed by atoms with Crippen LogP contribution in [0.2, 0.25) is 0 Å². The number of fused-ring (bicyclic) bond motifs is 1. The molecule has 0 radical (unpaired) electrons. The predicted octanol–water partition coefficient (Wildman–Crippen LogP) is 2.81. The first-order valence-corrected chi connectivity index (χ1v) is 34.5. The lowest BCUT2D eigenvalue weighted by molar-refractivity contribution is -0.157. The Balaban J connectivity index is 2.35. The van der Waals surface area contributed by atoms with Gasteiger partial charge in [0.05, 0.1) is 23.1 Å². The number of aliphatic hydroxyl groups is 1. The van der Waals surface area contributed by atoms with Gasteiger partial charge >= 0.3 is 0 Å². The summed E-state index contributed by atoms with van der Waals surface area (Å²) >= 11 is 0. The molecule has 2 aromatic rings. The van der Waals surface area contributed by atoms with Gasteiger partial charge in [0.2, 0.25) is 65.0 Å². The van der Waals surface area contributed by atoms with Crippen LogP contribution < -0.4 is 21.3 Å². The third-order valence-corrected chi connectivity index (χ3v) is 18.5. The lowest BCUT2D eigenvalue weighted by Gasteiger charge is -2.41. The van der Waals surface area contributed by atoms with E-state index in [1.165, 1.54) is 84.8 Å². The van der Waals surface area contributed by atoms with Crippen molar-refractivity contribution in [3.8, 4) is 0 Å². The first kappa shape index (κ1) is 82.9. The van der Waals surface area contributed by atoms with Gasteiger partial charge in [-0.2, -0.15) is 8.42 Å². The zero-order valence-corrected chi connectivity index (χ0v) is 61.4. The molecule has 11 amide bonds. The minimum absolute atomic E-state index is 0.00818. The molecular formula is C66H110FN13O15S. The molecule has 2 heterocycles. The molecule has 7 N–H and O–H groups in total. The maximum Gasteiger partial charge on any atom is 0.294 e. The van der Waals surface area contributed by atoms with Crippen LogP contribution in [0.25, 0.3) is 11.0 Å². The van der Waals surface area contributed by atoms with Gasteiger partial charge in [-0.3, -0.25) is 57.3 Å². The number of benzene rings is 1. The van der Waals surface area contributed by atoms with Crippen LogP contribution in [0, 0.1) is 47.2 Å². The number of hydrogen-bond acceptors (Lipinski definition) is 15. The summed E-state index contributed by atoms with van der Waals surface area (Å²) in [5.41, 5.74) is -0.445. The predicted molar refractivity (Wildman–Crippen MR) is 359 cm³/mol. The molecule has 1 saturated heterocycles. The quantitative estimate of drug-likeness (QED) is 0.119. The average Bonchev–Trinajstić information content (AvgIpc) is 1.48. The largest absolute Gasteiger partial charge is 0.390 e. The monoisotopic (exact) mass is 1380 g/mol. The lowest BCUT2D eigenvalue weighted by Crippen LogP contribution is -2.63. The highest BCUT2D eigenvalue weighted by atomic mass is 32.2. The Bertz CT molecular complexity index is 3230. The number of rotatable bonds is 16. The molecule has 0 bridgehead atoms. The molecule has 1 aliphatic rings. The normalized spacial score (nSPS) is 25.3. The molecule has 1 aromatic heterocycles. The van der Waals surface area contributed by atoms with E-state index >= 15 is 23.6 Å². The van der Waals surface area contributed by atoms with E-state index in [-0.39, 0.29) is 79.1 Å². The first-order chi connectivity index (χ1) is 44.2. The van der Waals surface area contributed by atoms with E-state index in [9.17, 15) is 51.6 Å². The number of likely N-dealkylation sites (N-methyl/N-ethyl adjacent to an activating group) is 7. The second-order valence-corrected chi connectivity index (χ2v) is 29.9. The third-order valence-electron chi connectivity index (χ3n) is 17.7. The maximum atomic E-state index is 15.4. The Morgan fingerprint density at radius 3 is 1.46 bits per heavy atom. The Morgan fingerprint density at radius 2 is 0.979 bits per heavy atom. The van der Waals surface area contributed by atoms with Crippen LogP contribution in [0.15, 0.2) is 17.0 Å². The number of hydrogen-bond donors (Lipinski definition) is 7. The Morgan fingerprint density at radius 1 is 0.531 bits per heavy atom. The number of aromatic nitrogens is 2. The summed E-state index contributed by atoms with van der Waals surface area (Å²) < 4.78 is 49.0. The van der Waals surface area contributed by atoms with Gasteiger partial charge in [-0.05, 0) is 99.5 Å². The summed E-state index contributed by atoms with van der Waals surface area (Å²) in [5, 5.41) is 23.3. The number of carbonyl (C=O) groups is 11. The molecule has 542 valence electrons. The van der Waals surface area contributed by atoms with Crippen molar-refractivity contribution >= 4 is 86.1 Å². The number of aliphatic hydroxyl groups excluding tert-OH is 1. The molecule has 30 heteroatoms. The van der Waals surface area contributed by atoms with E-state index in [0.29, 0.717) is 6.07 Å². The summed E-state index contributed by atoms with van der Waals surface area (Å²) in [7, 11) is 4.59. The van der Waals surface area contributed by atoms with Crippen molar-refractivity contribution in [1.82, 2.24) is 65.5 Å². The smallest absolute Gasteiger partial charge is 0.294 e. The average molecular weight is 1380 g/mol. The lowest BCUT2D eigenvalue weighted by atomic mass is 9.91. The van der Waals surface area contributed by atoms with E-state index in [4.69, 9.17) is 0 Å². The molecule has 0 unspecified atom stereocenters. The maximum absolute atomic E-state index is 15.4. The van der Waals surface area contributed by atoms with Gasteiger partial charge in [0.15, 0.2) is 5.82 Å². The van der Waals surface area contributed by atoms with Gasteiger partial charge in [0, 0.05) is 55.8 Å². The fourth-order valence-electron chi connectivity index (χ4n) is 12.0. The number of nitrogens with one attached hydrogen (secondary N) is 5.